The van der Waals surface area contributed by atoms with E-state index in [1.165, 1.54) is 12.1 Å². The van der Waals surface area contributed by atoms with Gasteiger partial charge in [0.2, 0.25) is 0 Å². The van der Waals surface area contributed by atoms with E-state index in [1.54, 1.807) is 30.9 Å². The maximum Gasteiger partial charge on any atom is 0.138 e. The molecule has 0 spiro atoms. The van der Waals surface area contributed by atoms with Crippen LogP contribution in [0, 0.1) is 5.82 Å². The third kappa shape index (κ3) is 3.89. The van der Waals surface area contributed by atoms with Gasteiger partial charge in [-0.05, 0) is 61.4 Å². The van der Waals surface area contributed by atoms with Gasteiger partial charge in [-0.3, -0.25) is 15.1 Å². The van der Waals surface area contributed by atoms with E-state index >= 15 is 0 Å². The molecule has 8 heteroatoms. The van der Waals surface area contributed by atoms with Crippen molar-refractivity contribution in [1.29, 1.82) is 0 Å². The number of rotatable bonds is 5. The number of hydrogen-bond donors (Lipinski definition) is 3. The number of pyridine rings is 3. The summed E-state index contributed by atoms with van der Waals surface area (Å²) in [6, 6.07) is 14.8. The van der Waals surface area contributed by atoms with Crippen LogP contribution < -0.4 is 5.32 Å². The molecule has 7 nitrogen and oxygen atoms in total. The van der Waals surface area contributed by atoms with E-state index in [0.717, 1.165) is 55.7 Å². The summed E-state index contributed by atoms with van der Waals surface area (Å²) in [5, 5.41) is 12.8. The van der Waals surface area contributed by atoms with Crippen molar-refractivity contribution in [3.05, 3.63) is 79.1 Å². The molecule has 35 heavy (non-hydrogen) atoms. The lowest BCUT2D eigenvalue weighted by Gasteiger charge is -2.10. The Morgan fingerprint density at radius 1 is 0.914 bits per heavy atom. The van der Waals surface area contributed by atoms with Gasteiger partial charge in [-0.25, -0.2) is 9.37 Å². The number of nitrogens with one attached hydrogen (secondary N) is 3. The minimum atomic E-state index is -0.274. The molecule has 0 bridgehead atoms. The zero-order valence-electron chi connectivity index (χ0n) is 19.2. The highest BCUT2D eigenvalue weighted by Crippen LogP contribution is 2.34. The zero-order chi connectivity index (χ0) is 23.9. The van der Waals surface area contributed by atoms with Gasteiger partial charge in [-0.1, -0.05) is 12.1 Å². The quantitative estimate of drug-likeness (QED) is 0.283. The Morgan fingerprint density at radius 3 is 2.69 bits per heavy atom. The van der Waals surface area contributed by atoms with Gasteiger partial charge in [0.15, 0.2) is 0 Å². The summed E-state index contributed by atoms with van der Waals surface area (Å²) in [6.07, 6.45) is 7.11. The Balaban J connectivity index is 1.45. The van der Waals surface area contributed by atoms with E-state index in [-0.39, 0.29) is 5.82 Å². The SMILES string of the molecule is CC(C)Nc1cncc(-c2cc3c(-c4cc5c(-c6cccc(F)c6)ccnc5[nH]4)n[nH]c3cn2)c1. The molecule has 172 valence electrons. The molecule has 5 aromatic heterocycles. The summed E-state index contributed by atoms with van der Waals surface area (Å²) in [4.78, 5) is 16.8. The summed E-state index contributed by atoms with van der Waals surface area (Å²) >= 11 is 0. The number of anilines is 1. The van der Waals surface area contributed by atoms with Gasteiger partial charge >= 0.3 is 0 Å². The van der Waals surface area contributed by atoms with Crippen LogP contribution in [0.2, 0.25) is 0 Å². The van der Waals surface area contributed by atoms with Crippen LogP contribution in [0.5, 0.6) is 0 Å². The largest absolute Gasteiger partial charge is 0.382 e. The minimum absolute atomic E-state index is 0.274. The van der Waals surface area contributed by atoms with Crippen LogP contribution in [0.4, 0.5) is 10.1 Å². The average Bonchev–Trinajstić information content (AvgIpc) is 3.47. The van der Waals surface area contributed by atoms with Crippen LogP contribution in [-0.2, 0) is 0 Å². The van der Waals surface area contributed by atoms with Crippen LogP contribution in [0.3, 0.4) is 0 Å². The second-order valence-electron chi connectivity index (χ2n) is 8.76. The first-order valence-corrected chi connectivity index (χ1v) is 11.4. The highest BCUT2D eigenvalue weighted by Gasteiger charge is 2.16. The smallest absolute Gasteiger partial charge is 0.138 e. The molecule has 0 aliphatic rings. The van der Waals surface area contributed by atoms with Crippen molar-refractivity contribution < 1.29 is 4.39 Å². The third-order valence-electron chi connectivity index (χ3n) is 5.86. The van der Waals surface area contributed by atoms with E-state index in [1.807, 2.05) is 30.3 Å². The molecular weight excluding hydrogens is 441 g/mol. The number of aromatic nitrogens is 6. The van der Waals surface area contributed by atoms with Crippen molar-refractivity contribution in [2.75, 3.05) is 5.32 Å². The summed E-state index contributed by atoms with van der Waals surface area (Å²) in [5.41, 5.74) is 7.46. The molecule has 0 aliphatic heterocycles. The zero-order valence-corrected chi connectivity index (χ0v) is 19.2. The molecule has 3 N–H and O–H groups in total. The molecule has 0 aliphatic carbocycles. The molecule has 1 aromatic carbocycles. The Bertz CT molecular complexity index is 1680. The van der Waals surface area contributed by atoms with Crippen molar-refractivity contribution >= 4 is 27.6 Å². The monoisotopic (exact) mass is 463 g/mol. The second-order valence-corrected chi connectivity index (χ2v) is 8.76. The summed E-state index contributed by atoms with van der Waals surface area (Å²) in [5.74, 6) is -0.274. The molecule has 0 amide bonds. The molecule has 0 fully saturated rings. The van der Waals surface area contributed by atoms with Crippen molar-refractivity contribution in [3.8, 4) is 33.8 Å². The molecule has 6 rings (SSSR count). The lowest BCUT2D eigenvalue weighted by Crippen LogP contribution is -2.09. The van der Waals surface area contributed by atoms with Gasteiger partial charge in [0.05, 0.1) is 28.8 Å². The van der Waals surface area contributed by atoms with Gasteiger partial charge in [0, 0.05) is 41.0 Å². The number of benzene rings is 1. The number of nitrogens with zero attached hydrogens (tertiary/aromatic N) is 4. The van der Waals surface area contributed by atoms with E-state index in [0.29, 0.717) is 11.7 Å². The topological polar surface area (TPSA) is 95.2 Å². The number of halogens is 1. The fourth-order valence-electron chi connectivity index (χ4n) is 4.33. The maximum atomic E-state index is 13.9. The van der Waals surface area contributed by atoms with E-state index in [2.05, 4.69) is 49.3 Å². The van der Waals surface area contributed by atoms with Crippen molar-refractivity contribution in [2.24, 2.45) is 0 Å². The van der Waals surface area contributed by atoms with Crippen molar-refractivity contribution in [1.82, 2.24) is 30.1 Å². The van der Waals surface area contributed by atoms with Crippen LogP contribution in [-0.4, -0.2) is 36.2 Å². The minimum Gasteiger partial charge on any atom is -0.382 e. The first-order chi connectivity index (χ1) is 17.0. The highest BCUT2D eigenvalue weighted by molar-refractivity contribution is 6.00. The fourth-order valence-corrected chi connectivity index (χ4v) is 4.33. The molecule has 5 heterocycles. The van der Waals surface area contributed by atoms with Crippen molar-refractivity contribution in [3.63, 3.8) is 0 Å². The average molecular weight is 464 g/mol. The Hall–Kier alpha value is -4.59. The lowest BCUT2D eigenvalue weighted by molar-refractivity contribution is 0.628. The predicted octanol–water partition coefficient (Wildman–Crippen LogP) is 6.19. The van der Waals surface area contributed by atoms with Crippen LogP contribution >= 0.6 is 0 Å². The lowest BCUT2D eigenvalue weighted by atomic mass is 10.0. The van der Waals surface area contributed by atoms with Gasteiger partial charge in [0.25, 0.3) is 0 Å². The van der Waals surface area contributed by atoms with E-state index in [9.17, 15) is 4.39 Å². The summed E-state index contributed by atoms with van der Waals surface area (Å²) in [7, 11) is 0. The Labute approximate surface area is 200 Å². The molecule has 0 unspecified atom stereocenters. The Morgan fingerprint density at radius 2 is 1.83 bits per heavy atom. The van der Waals surface area contributed by atoms with Gasteiger partial charge in [-0.2, -0.15) is 5.10 Å². The third-order valence-corrected chi connectivity index (χ3v) is 5.86. The number of H-pyrrole nitrogens is 2. The summed E-state index contributed by atoms with van der Waals surface area (Å²) < 4.78 is 13.9. The molecule has 0 atom stereocenters. The first kappa shape index (κ1) is 21.0. The fraction of sp³-hybridized carbons (Fsp3) is 0.111. The van der Waals surface area contributed by atoms with Crippen LogP contribution in [0.15, 0.2) is 73.3 Å². The van der Waals surface area contributed by atoms with Crippen LogP contribution in [0.1, 0.15) is 13.8 Å². The van der Waals surface area contributed by atoms with E-state index < -0.39 is 0 Å². The first-order valence-electron chi connectivity index (χ1n) is 11.4. The van der Waals surface area contributed by atoms with Gasteiger partial charge in [0.1, 0.15) is 17.2 Å². The second kappa shape index (κ2) is 8.32. The molecule has 0 radical (unpaired) electrons. The normalized spacial score (nSPS) is 11.5. The number of aromatic amines is 2. The summed E-state index contributed by atoms with van der Waals surface area (Å²) in [6.45, 7) is 4.17. The maximum absolute atomic E-state index is 13.9. The molecule has 6 aromatic rings. The molecular formula is C27H22FN7. The van der Waals surface area contributed by atoms with Gasteiger partial charge < -0.3 is 10.3 Å². The molecule has 0 saturated carbocycles. The number of hydrogen-bond acceptors (Lipinski definition) is 5. The molecule has 0 saturated heterocycles. The predicted molar refractivity (Wildman–Crippen MR) is 136 cm³/mol. The highest BCUT2D eigenvalue weighted by atomic mass is 19.1. The standard InChI is InChI=1S/C27H22FN7/c1-15(2)32-19-9-17(12-29-13-19)23-11-22-25(14-31-23)34-35-26(22)24-10-21-20(6-7-30-27(21)33-24)16-4-3-5-18(28)8-16/h3-15,32H,1-2H3,(H,30,33)(H,34,35). The van der Waals surface area contributed by atoms with E-state index in [4.69, 9.17) is 0 Å². The van der Waals surface area contributed by atoms with Gasteiger partial charge in [-0.15, -0.1) is 0 Å². The van der Waals surface area contributed by atoms with Crippen molar-refractivity contribution in [2.45, 2.75) is 19.9 Å². The Kier molecular flexibility index (Phi) is 4.99. The number of fused-ring (bicyclic) bond motifs is 2. The van der Waals surface area contributed by atoms with Crippen LogP contribution in [0.25, 0.3) is 55.7 Å².